The molecule has 0 radical (unpaired) electrons. The molecule has 1 aromatic carbocycles. The van der Waals surface area contributed by atoms with E-state index >= 15 is 0 Å². The molecule has 1 N–H and O–H groups in total. The van der Waals surface area contributed by atoms with Gasteiger partial charge in [-0.3, -0.25) is 4.79 Å². The Hall–Kier alpha value is -1.51. The summed E-state index contributed by atoms with van der Waals surface area (Å²) in [7, 11) is 0. The average Bonchev–Trinajstić information content (AvgIpc) is 2.83. The van der Waals surface area contributed by atoms with E-state index in [1.54, 1.807) is 0 Å². The Morgan fingerprint density at radius 3 is 2.44 bits per heavy atom. The molecule has 16 heavy (non-hydrogen) atoms. The number of hydrogen-bond donors (Lipinski definition) is 1. The third-order valence-electron chi connectivity index (χ3n) is 2.91. The SMILES string of the molecule is CCNc1ccc(C(=O)N2CCCC2)cc1. The minimum atomic E-state index is 0.167. The van der Waals surface area contributed by atoms with Crippen LogP contribution in [0.25, 0.3) is 0 Å². The molecular formula is C13H18N2O. The van der Waals surface area contributed by atoms with Gasteiger partial charge in [-0.2, -0.15) is 0 Å². The van der Waals surface area contributed by atoms with Gasteiger partial charge in [-0.05, 0) is 44.0 Å². The summed E-state index contributed by atoms with van der Waals surface area (Å²) >= 11 is 0. The number of anilines is 1. The van der Waals surface area contributed by atoms with Crippen LogP contribution in [0.3, 0.4) is 0 Å². The second-order valence-corrected chi connectivity index (χ2v) is 4.11. The smallest absolute Gasteiger partial charge is 0.253 e. The first-order valence-electron chi connectivity index (χ1n) is 5.94. The number of likely N-dealkylation sites (tertiary alicyclic amines) is 1. The van der Waals surface area contributed by atoms with Crippen molar-refractivity contribution in [2.75, 3.05) is 25.0 Å². The van der Waals surface area contributed by atoms with Gasteiger partial charge in [-0.15, -0.1) is 0 Å². The second-order valence-electron chi connectivity index (χ2n) is 4.11. The number of amides is 1. The normalized spacial score (nSPS) is 15.2. The molecule has 3 heteroatoms. The predicted octanol–water partition coefficient (Wildman–Crippen LogP) is 2.35. The van der Waals surface area contributed by atoms with Crippen molar-refractivity contribution in [1.82, 2.24) is 4.90 Å². The van der Waals surface area contributed by atoms with Crippen molar-refractivity contribution in [1.29, 1.82) is 0 Å². The maximum atomic E-state index is 12.0. The Bertz CT molecular complexity index is 353. The molecule has 1 saturated heterocycles. The van der Waals surface area contributed by atoms with Crippen molar-refractivity contribution < 1.29 is 4.79 Å². The van der Waals surface area contributed by atoms with E-state index in [0.29, 0.717) is 0 Å². The van der Waals surface area contributed by atoms with E-state index in [2.05, 4.69) is 12.2 Å². The summed E-state index contributed by atoms with van der Waals surface area (Å²) in [5, 5.41) is 3.22. The van der Waals surface area contributed by atoms with Crippen LogP contribution in [-0.4, -0.2) is 30.4 Å². The summed E-state index contributed by atoms with van der Waals surface area (Å²) in [4.78, 5) is 14.0. The Morgan fingerprint density at radius 2 is 1.88 bits per heavy atom. The average molecular weight is 218 g/mol. The summed E-state index contributed by atoms with van der Waals surface area (Å²) in [6, 6.07) is 7.73. The maximum Gasteiger partial charge on any atom is 0.253 e. The Labute approximate surface area is 96.5 Å². The van der Waals surface area contributed by atoms with Crippen molar-refractivity contribution in [3.05, 3.63) is 29.8 Å². The monoisotopic (exact) mass is 218 g/mol. The molecule has 0 atom stereocenters. The van der Waals surface area contributed by atoms with E-state index in [1.807, 2.05) is 29.2 Å². The molecule has 1 aliphatic heterocycles. The van der Waals surface area contributed by atoms with Crippen LogP contribution in [0.2, 0.25) is 0 Å². The van der Waals surface area contributed by atoms with Crippen LogP contribution in [0, 0.1) is 0 Å². The van der Waals surface area contributed by atoms with Crippen LogP contribution in [0.1, 0.15) is 30.1 Å². The van der Waals surface area contributed by atoms with Gasteiger partial charge in [0, 0.05) is 30.9 Å². The molecule has 3 nitrogen and oxygen atoms in total. The molecule has 1 aromatic rings. The molecule has 1 fully saturated rings. The fourth-order valence-electron chi connectivity index (χ4n) is 2.04. The number of nitrogens with one attached hydrogen (secondary N) is 1. The Balaban J connectivity index is 2.05. The van der Waals surface area contributed by atoms with E-state index < -0.39 is 0 Å². The van der Waals surface area contributed by atoms with Gasteiger partial charge in [0.15, 0.2) is 0 Å². The number of rotatable bonds is 3. The summed E-state index contributed by atoms with van der Waals surface area (Å²) < 4.78 is 0. The minimum Gasteiger partial charge on any atom is -0.385 e. The third kappa shape index (κ3) is 2.35. The summed E-state index contributed by atoms with van der Waals surface area (Å²) in [5.74, 6) is 0.167. The Kier molecular flexibility index (Phi) is 3.44. The van der Waals surface area contributed by atoms with E-state index in [-0.39, 0.29) is 5.91 Å². The zero-order valence-corrected chi connectivity index (χ0v) is 9.70. The van der Waals surface area contributed by atoms with Gasteiger partial charge in [-0.1, -0.05) is 0 Å². The standard InChI is InChI=1S/C13H18N2O/c1-2-14-12-7-5-11(6-8-12)13(16)15-9-3-4-10-15/h5-8,14H,2-4,9-10H2,1H3. The highest BCUT2D eigenvalue weighted by atomic mass is 16.2. The van der Waals surface area contributed by atoms with E-state index in [0.717, 1.165) is 43.7 Å². The number of nitrogens with zero attached hydrogens (tertiary/aromatic N) is 1. The lowest BCUT2D eigenvalue weighted by Crippen LogP contribution is -2.27. The van der Waals surface area contributed by atoms with Crippen LogP contribution >= 0.6 is 0 Å². The third-order valence-corrected chi connectivity index (χ3v) is 2.91. The van der Waals surface area contributed by atoms with Crippen LogP contribution in [0.5, 0.6) is 0 Å². The zero-order valence-electron chi connectivity index (χ0n) is 9.70. The highest BCUT2D eigenvalue weighted by molar-refractivity contribution is 5.94. The first kappa shape index (κ1) is 11.0. The molecule has 0 unspecified atom stereocenters. The Morgan fingerprint density at radius 1 is 1.25 bits per heavy atom. The molecule has 1 heterocycles. The largest absolute Gasteiger partial charge is 0.385 e. The fraction of sp³-hybridized carbons (Fsp3) is 0.462. The number of hydrogen-bond acceptors (Lipinski definition) is 2. The van der Waals surface area contributed by atoms with Crippen molar-refractivity contribution in [3.63, 3.8) is 0 Å². The van der Waals surface area contributed by atoms with Gasteiger partial charge in [-0.25, -0.2) is 0 Å². The predicted molar refractivity (Wildman–Crippen MR) is 65.7 cm³/mol. The number of carbonyl (C=O) groups is 1. The molecule has 0 saturated carbocycles. The van der Waals surface area contributed by atoms with Crippen LogP contribution in [0.15, 0.2) is 24.3 Å². The van der Waals surface area contributed by atoms with Gasteiger partial charge in [0.2, 0.25) is 0 Å². The lowest BCUT2D eigenvalue weighted by atomic mass is 10.2. The molecule has 0 bridgehead atoms. The molecule has 0 aromatic heterocycles. The molecule has 2 rings (SSSR count). The summed E-state index contributed by atoms with van der Waals surface area (Å²) in [6.45, 7) is 4.78. The van der Waals surface area contributed by atoms with Crippen molar-refractivity contribution in [2.45, 2.75) is 19.8 Å². The van der Waals surface area contributed by atoms with E-state index in [9.17, 15) is 4.79 Å². The first-order chi connectivity index (χ1) is 7.81. The van der Waals surface area contributed by atoms with E-state index in [1.165, 1.54) is 0 Å². The molecule has 86 valence electrons. The maximum absolute atomic E-state index is 12.0. The van der Waals surface area contributed by atoms with Crippen LogP contribution in [0.4, 0.5) is 5.69 Å². The van der Waals surface area contributed by atoms with Crippen molar-refractivity contribution in [2.24, 2.45) is 0 Å². The van der Waals surface area contributed by atoms with Gasteiger partial charge < -0.3 is 10.2 Å². The molecule has 0 spiro atoms. The van der Waals surface area contributed by atoms with E-state index in [4.69, 9.17) is 0 Å². The van der Waals surface area contributed by atoms with Crippen molar-refractivity contribution in [3.8, 4) is 0 Å². The molecule has 1 amide bonds. The first-order valence-corrected chi connectivity index (χ1v) is 5.94. The lowest BCUT2D eigenvalue weighted by Gasteiger charge is -2.15. The van der Waals surface area contributed by atoms with Gasteiger partial charge in [0.05, 0.1) is 0 Å². The quantitative estimate of drug-likeness (QED) is 0.844. The highest BCUT2D eigenvalue weighted by Crippen LogP contribution is 2.15. The van der Waals surface area contributed by atoms with Gasteiger partial charge >= 0.3 is 0 Å². The zero-order chi connectivity index (χ0) is 11.4. The number of carbonyl (C=O) groups excluding carboxylic acids is 1. The summed E-state index contributed by atoms with van der Waals surface area (Å²) in [6.07, 6.45) is 2.28. The topological polar surface area (TPSA) is 32.3 Å². The summed E-state index contributed by atoms with van der Waals surface area (Å²) in [5.41, 5.74) is 1.86. The number of benzene rings is 1. The molecular weight excluding hydrogens is 200 g/mol. The minimum absolute atomic E-state index is 0.167. The van der Waals surface area contributed by atoms with Gasteiger partial charge in [0.25, 0.3) is 5.91 Å². The van der Waals surface area contributed by atoms with Crippen LogP contribution in [-0.2, 0) is 0 Å². The molecule has 0 aliphatic carbocycles. The van der Waals surface area contributed by atoms with Crippen molar-refractivity contribution >= 4 is 11.6 Å². The second kappa shape index (κ2) is 5.01. The van der Waals surface area contributed by atoms with Gasteiger partial charge in [0.1, 0.15) is 0 Å². The highest BCUT2D eigenvalue weighted by Gasteiger charge is 2.18. The lowest BCUT2D eigenvalue weighted by molar-refractivity contribution is 0.0793. The molecule has 1 aliphatic rings. The fourth-order valence-corrected chi connectivity index (χ4v) is 2.04. The van der Waals surface area contributed by atoms with Crippen LogP contribution < -0.4 is 5.32 Å².